The number of likely N-dealkylation sites (N-methyl/N-ethyl adjacent to an activating group) is 1. The van der Waals surface area contributed by atoms with E-state index in [0.29, 0.717) is 6.54 Å². The summed E-state index contributed by atoms with van der Waals surface area (Å²) < 4.78 is 0. The van der Waals surface area contributed by atoms with E-state index in [1.165, 1.54) is 0 Å². The van der Waals surface area contributed by atoms with E-state index in [1.54, 1.807) is 12.4 Å². The molecule has 1 aliphatic heterocycles. The Morgan fingerprint density at radius 1 is 1.41 bits per heavy atom. The van der Waals surface area contributed by atoms with Gasteiger partial charge in [0.05, 0.1) is 6.54 Å². The first-order valence-electron chi connectivity index (χ1n) is 5.87. The first kappa shape index (κ1) is 11.9. The second kappa shape index (κ2) is 5.63. The zero-order valence-corrected chi connectivity index (χ0v) is 10.1. The first-order valence-corrected chi connectivity index (χ1v) is 5.87. The molecule has 0 aliphatic carbocycles. The van der Waals surface area contributed by atoms with Crippen molar-refractivity contribution in [1.82, 2.24) is 15.2 Å². The summed E-state index contributed by atoms with van der Waals surface area (Å²) in [5, 5.41) is 3.24. The number of hydrogen-bond acceptors (Lipinski definition) is 4. The lowest BCUT2D eigenvalue weighted by atomic mass is 10.3. The van der Waals surface area contributed by atoms with Crippen molar-refractivity contribution in [3.63, 3.8) is 0 Å². The summed E-state index contributed by atoms with van der Waals surface area (Å²) in [6.07, 6.45) is 3.47. The number of hydrogen-bond donors (Lipinski definition) is 1. The molecule has 0 spiro atoms. The molecule has 1 amide bonds. The molecule has 5 heteroatoms. The van der Waals surface area contributed by atoms with Crippen molar-refractivity contribution in [2.45, 2.75) is 0 Å². The third-order valence-corrected chi connectivity index (χ3v) is 2.95. The maximum Gasteiger partial charge on any atom is 0.242 e. The Balaban J connectivity index is 1.89. The molecule has 0 aromatic carbocycles. The van der Waals surface area contributed by atoms with Crippen LogP contribution in [0.2, 0.25) is 0 Å². The first-order chi connectivity index (χ1) is 8.27. The van der Waals surface area contributed by atoms with E-state index in [1.807, 2.05) is 29.0 Å². The lowest BCUT2D eigenvalue weighted by molar-refractivity contribution is -0.130. The zero-order valence-electron chi connectivity index (χ0n) is 10.1. The van der Waals surface area contributed by atoms with E-state index >= 15 is 0 Å². The molecule has 5 nitrogen and oxygen atoms in total. The van der Waals surface area contributed by atoms with Crippen LogP contribution in [0.15, 0.2) is 24.5 Å². The quantitative estimate of drug-likeness (QED) is 0.796. The molecule has 0 radical (unpaired) electrons. The maximum atomic E-state index is 12.0. The van der Waals surface area contributed by atoms with Gasteiger partial charge in [0.2, 0.25) is 5.91 Å². The summed E-state index contributed by atoms with van der Waals surface area (Å²) in [6.45, 7) is 3.82. The van der Waals surface area contributed by atoms with Gasteiger partial charge >= 0.3 is 0 Å². The highest BCUT2D eigenvalue weighted by molar-refractivity contribution is 5.81. The Morgan fingerprint density at radius 3 is 2.71 bits per heavy atom. The zero-order chi connectivity index (χ0) is 12.1. The molecular formula is C12H18N4O. The van der Waals surface area contributed by atoms with E-state index in [9.17, 15) is 4.79 Å². The normalized spacial score (nSPS) is 15.7. The standard InChI is InChI=1S/C12H18N4O/c1-15(11-2-4-13-5-3-11)10-12(17)16-8-6-14-7-9-16/h2-5,14H,6-10H2,1H3. The number of anilines is 1. The minimum Gasteiger partial charge on any atom is -0.365 e. The minimum atomic E-state index is 0.186. The number of nitrogens with one attached hydrogen (secondary N) is 1. The molecule has 17 heavy (non-hydrogen) atoms. The monoisotopic (exact) mass is 234 g/mol. The van der Waals surface area contributed by atoms with Crippen LogP contribution in [-0.2, 0) is 4.79 Å². The molecule has 0 bridgehead atoms. The number of carbonyl (C=O) groups excluding carboxylic acids is 1. The molecule has 0 saturated carbocycles. The average Bonchev–Trinajstić information content (AvgIpc) is 2.40. The van der Waals surface area contributed by atoms with Crippen LogP contribution in [0.5, 0.6) is 0 Å². The Morgan fingerprint density at radius 2 is 2.06 bits per heavy atom. The van der Waals surface area contributed by atoms with Gasteiger partial charge in [-0.15, -0.1) is 0 Å². The van der Waals surface area contributed by atoms with E-state index < -0.39 is 0 Å². The number of amides is 1. The number of nitrogens with zero attached hydrogens (tertiary/aromatic N) is 3. The lowest BCUT2D eigenvalue weighted by Gasteiger charge is -2.29. The molecule has 1 N–H and O–H groups in total. The second-order valence-corrected chi connectivity index (χ2v) is 4.19. The van der Waals surface area contributed by atoms with Crippen molar-refractivity contribution in [1.29, 1.82) is 0 Å². The van der Waals surface area contributed by atoms with Crippen LogP contribution < -0.4 is 10.2 Å². The van der Waals surface area contributed by atoms with Crippen molar-refractivity contribution in [2.24, 2.45) is 0 Å². The molecule has 1 aromatic rings. The van der Waals surface area contributed by atoms with Gasteiger partial charge < -0.3 is 15.1 Å². The largest absolute Gasteiger partial charge is 0.365 e. The molecular weight excluding hydrogens is 216 g/mol. The third kappa shape index (κ3) is 3.17. The summed E-state index contributed by atoms with van der Waals surface area (Å²) in [4.78, 5) is 19.9. The van der Waals surface area contributed by atoms with Gasteiger partial charge in [-0.2, -0.15) is 0 Å². The Hall–Kier alpha value is -1.62. The number of piperazine rings is 1. The van der Waals surface area contributed by atoms with Crippen molar-refractivity contribution >= 4 is 11.6 Å². The Bertz CT molecular complexity index is 362. The van der Waals surface area contributed by atoms with Crippen molar-refractivity contribution in [3.05, 3.63) is 24.5 Å². The van der Waals surface area contributed by atoms with Crippen LogP contribution in [0.1, 0.15) is 0 Å². The van der Waals surface area contributed by atoms with Gasteiger partial charge in [-0.1, -0.05) is 0 Å². The number of carbonyl (C=O) groups is 1. The fourth-order valence-electron chi connectivity index (χ4n) is 1.91. The van der Waals surface area contributed by atoms with Gasteiger partial charge in [0.1, 0.15) is 0 Å². The molecule has 1 fully saturated rings. The van der Waals surface area contributed by atoms with E-state index in [2.05, 4.69) is 10.3 Å². The second-order valence-electron chi connectivity index (χ2n) is 4.19. The van der Waals surface area contributed by atoms with E-state index in [-0.39, 0.29) is 5.91 Å². The highest BCUT2D eigenvalue weighted by atomic mass is 16.2. The smallest absolute Gasteiger partial charge is 0.242 e. The van der Waals surface area contributed by atoms with Gasteiger partial charge in [-0.25, -0.2) is 0 Å². The maximum absolute atomic E-state index is 12.0. The molecule has 2 rings (SSSR count). The molecule has 92 valence electrons. The lowest BCUT2D eigenvalue weighted by Crippen LogP contribution is -2.49. The van der Waals surface area contributed by atoms with Crippen molar-refractivity contribution in [3.8, 4) is 0 Å². The summed E-state index contributed by atoms with van der Waals surface area (Å²) in [5.74, 6) is 0.186. The van der Waals surface area contributed by atoms with Crippen LogP contribution in [0.4, 0.5) is 5.69 Å². The molecule has 0 atom stereocenters. The van der Waals surface area contributed by atoms with Gasteiger partial charge in [0.25, 0.3) is 0 Å². The highest BCUT2D eigenvalue weighted by Crippen LogP contribution is 2.09. The number of aromatic nitrogens is 1. The predicted octanol–water partition coefficient (Wildman–Crippen LogP) is -0.0504. The van der Waals surface area contributed by atoms with Crippen molar-refractivity contribution in [2.75, 3.05) is 44.7 Å². The molecule has 1 aromatic heterocycles. The fraction of sp³-hybridized carbons (Fsp3) is 0.500. The Labute approximate surface area is 101 Å². The fourth-order valence-corrected chi connectivity index (χ4v) is 1.91. The molecule has 2 heterocycles. The van der Waals surface area contributed by atoms with Crippen LogP contribution in [0.3, 0.4) is 0 Å². The van der Waals surface area contributed by atoms with Crippen LogP contribution in [0, 0.1) is 0 Å². The third-order valence-electron chi connectivity index (χ3n) is 2.95. The number of rotatable bonds is 3. The van der Waals surface area contributed by atoms with Gasteiger partial charge in [-0.05, 0) is 12.1 Å². The summed E-state index contributed by atoms with van der Waals surface area (Å²) in [6, 6.07) is 3.82. The van der Waals surface area contributed by atoms with Crippen LogP contribution in [0.25, 0.3) is 0 Å². The van der Waals surface area contributed by atoms with Crippen LogP contribution >= 0.6 is 0 Å². The average molecular weight is 234 g/mol. The SMILES string of the molecule is CN(CC(=O)N1CCNCC1)c1ccncc1. The molecule has 1 saturated heterocycles. The molecule has 1 aliphatic rings. The summed E-state index contributed by atoms with van der Waals surface area (Å²) in [5.41, 5.74) is 1.02. The van der Waals surface area contributed by atoms with Crippen LogP contribution in [-0.4, -0.2) is 55.6 Å². The van der Waals surface area contributed by atoms with E-state index in [0.717, 1.165) is 31.9 Å². The topological polar surface area (TPSA) is 48.5 Å². The number of pyridine rings is 1. The van der Waals surface area contributed by atoms with Gasteiger partial charge in [0.15, 0.2) is 0 Å². The Kier molecular flexibility index (Phi) is 3.93. The molecule has 0 unspecified atom stereocenters. The minimum absolute atomic E-state index is 0.186. The summed E-state index contributed by atoms with van der Waals surface area (Å²) in [7, 11) is 1.93. The van der Waals surface area contributed by atoms with Gasteiger partial charge in [0, 0.05) is 51.3 Å². The van der Waals surface area contributed by atoms with Gasteiger partial charge in [-0.3, -0.25) is 9.78 Å². The predicted molar refractivity (Wildman–Crippen MR) is 67.0 cm³/mol. The summed E-state index contributed by atoms with van der Waals surface area (Å²) >= 11 is 0. The highest BCUT2D eigenvalue weighted by Gasteiger charge is 2.17. The van der Waals surface area contributed by atoms with Crippen molar-refractivity contribution < 1.29 is 4.79 Å². The van der Waals surface area contributed by atoms with E-state index in [4.69, 9.17) is 0 Å².